The quantitative estimate of drug-likeness (QED) is 0.481. The molecule has 1 aromatic carbocycles. The smallest absolute Gasteiger partial charge is 0.337 e. The Kier molecular flexibility index (Phi) is 4.07. The van der Waals surface area contributed by atoms with Crippen molar-refractivity contribution in [3.05, 3.63) is 35.6 Å². The highest BCUT2D eigenvalue weighted by Crippen LogP contribution is 2.37. The first kappa shape index (κ1) is 14.8. The zero-order chi connectivity index (χ0) is 15.6. The van der Waals surface area contributed by atoms with Crippen LogP contribution in [0.5, 0.6) is 0 Å². The molecule has 0 unspecified atom stereocenters. The third-order valence-corrected chi connectivity index (χ3v) is 3.07. The molecule has 1 aliphatic heterocycles. The lowest BCUT2D eigenvalue weighted by Gasteiger charge is -2.12. The number of imide groups is 1. The second-order valence-corrected chi connectivity index (χ2v) is 4.37. The van der Waals surface area contributed by atoms with Gasteiger partial charge in [-0.05, 0) is 19.1 Å². The first-order valence-electron chi connectivity index (χ1n) is 6.40. The van der Waals surface area contributed by atoms with E-state index in [9.17, 15) is 14.4 Å². The highest BCUT2D eigenvalue weighted by molar-refractivity contribution is 6.39. The number of anilines is 1. The fourth-order valence-corrected chi connectivity index (χ4v) is 2.13. The predicted octanol–water partition coefficient (Wildman–Crippen LogP) is 1.74. The van der Waals surface area contributed by atoms with E-state index in [4.69, 9.17) is 4.74 Å². The van der Waals surface area contributed by atoms with E-state index < -0.39 is 17.8 Å². The predicted molar refractivity (Wildman–Crippen MR) is 75.6 cm³/mol. The molecule has 0 atom stereocenters. The van der Waals surface area contributed by atoms with Gasteiger partial charge in [0.15, 0.2) is 0 Å². The van der Waals surface area contributed by atoms with Gasteiger partial charge in [-0.2, -0.15) is 0 Å². The number of esters is 1. The molecule has 1 aromatic rings. The van der Waals surface area contributed by atoms with Crippen molar-refractivity contribution in [3.8, 4) is 0 Å². The van der Waals surface area contributed by atoms with E-state index >= 15 is 0 Å². The maximum absolute atomic E-state index is 12.3. The fraction of sp³-hybridized carbons (Fsp3) is 0.267. The summed E-state index contributed by atoms with van der Waals surface area (Å²) in [6.07, 6.45) is 1.34. The van der Waals surface area contributed by atoms with Crippen LogP contribution >= 0.6 is 0 Å². The molecule has 1 heterocycles. The van der Waals surface area contributed by atoms with Crippen LogP contribution in [0.1, 0.15) is 29.8 Å². The maximum atomic E-state index is 12.3. The second kappa shape index (κ2) is 5.78. The lowest BCUT2D eigenvalue weighted by atomic mass is 10.1. The van der Waals surface area contributed by atoms with E-state index in [1.54, 1.807) is 19.1 Å². The summed E-state index contributed by atoms with van der Waals surface area (Å²) in [6.45, 7) is 3.49. The number of benzene rings is 1. The van der Waals surface area contributed by atoms with Crippen molar-refractivity contribution in [1.82, 2.24) is 0 Å². The molecule has 0 aromatic heterocycles. The highest BCUT2D eigenvalue weighted by atomic mass is 16.5. The second-order valence-electron chi connectivity index (χ2n) is 4.37. The molecule has 6 heteroatoms. The Labute approximate surface area is 121 Å². The molecule has 0 N–H and O–H groups in total. The minimum absolute atomic E-state index is 0.271. The lowest BCUT2D eigenvalue weighted by Crippen LogP contribution is -2.31. The molecular formula is C15H15NO5. The van der Waals surface area contributed by atoms with Gasteiger partial charge in [0.1, 0.15) is 0 Å². The van der Waals surface area contributed by atoms with E-state index in [0.717, 1.165) is 4.90 Å². The summed E-state index contributed by atoms with van der Waals surface area (Å²) < 4.78 is 9.80. The van der Waals surface area contributed by atoms with E-state index in [2.05, 4.69) is 4.74 Å². The Morgan fingerprint density at radius 3 is 2.62 bits per heavy atom. The Balaban J connectivity index is 2.57. The number of nitrogens with zero attached hydrogens (tertiary/aromatic N) is 1. The van der Waals surface area contributed by atoms with Crippen molar-refractivity contribution >= 4 is 29.0 Å². The molecule has 1 aliphatic rings. The summed E-state index contributed by atoms with van der Waals surface area (Å²) in [5.74, 6) is -1.42. The third-order valence-electron chi connectivity index (χ3n) is 3.07. The molecule has 2 rings (SSSR count). The molecule has 0 spiro atoms. The van der Waals surface area contributed by atoms with Gasteiger partial charge < -0.3 is 9.47 Å². The Morgan fingerprint density at radius 1 is 1.33 bits per heavy atom. The minimum atomic E-state index is -0.531. The number of carbonyl (C=O) groups excluding carboxylic acids is 3. The first-order chi connectivity index (χ1) is 10.0. The van der Waals surface area contributed by atoms with Gasteiger partial charge in [0.25, 0.3) is 5.91 Å². The molecule has 6 nitrogen and oxygen atoms in total. The number of hydrogen-bond donors (Lipinski definition) is 0. The Bertz CT molecular complexity index is 647. The Morgan fingerprint density at radius 2 is 2.05 bits per heavy atom. The van der Waals surface area contributed by atoms with E-state index in [-0.39, 0.29) is 5.56 Å². The number of amides is 2. The monoisotopic (exact) mass is 289 g/mol. The van der Waals surface area contributed by atoms with Crippen LogP contribution in [0, 0.1) is 0 Å². The van der Waals surface area contributed by atoms with Crippen LogP contribution in [0.2, 0.25) is 0 Å². The van der Waals surface area contributed by atoms with Crippen LogP contribution in [0.3, 0.4) is 0 Å². The van der Waals surface area contributed by atoms with Crippen molar-refractivity contribution in [2.75, 3.05) is 18.6 Å². The van der Waals surface area contributed by atoms with Gasteiger partial charge in [-0.1, -0.05) is 6.07 Å². The average molecular weight is 289 g/mol. The SMILES string of the molecule is CCOC=C1C(=O)N(C(C)=O)c2cc(C(=O)OC)ccc21. The van der Waals surface area contributed by atoms with Gasteiger partial charge in [-0.3, -0.25) is 9.59 Å². The fourth-order valence-electron chi connectivity index (χ4n) is 2.13. The number of ether oxygens (including phenoxy) is 2. The molecule has 110 valence electrons. The van der Waals surface area contributed by atoms with Gasteiger partial charge in [-0.15, -0.1) is 0 Å². The van der Waals surface area contributed by atoms with Crippen LogP contribution in [0.15, 0.2) is 24.5 Å². The molecule has 0 bridgehead atoms. The molecule has 0 radical (unpaired) electrons. The van der Waals surface area contributed by atoms with Gasteiger partial charge in [0.2, 0.25) is 5.91 Å². The van der Waals surface area contributed by atoms with Crippen LogP contribution in [0.25, 0.3) is 5.57 Å². The van der Waals surface area contributed by atoms with E-state index in [0.29, 0.717) is 23.4 Å². The summed E-state index contributed by atoms with van der Waals surface area (Å²) in [4.78, 5) is 36.6. The summed E-state index contributed by atoms with van der Waals surface area (Å²) in [5.41, 5.74) is 1.48. The van der Waals surface area contributed by atoms with Crippen molar-refractivity contribution < 1.29 is 23.9 Å². The van der Waals surface area contributed by atoms with Gasteiger partial charge in [0.05, 0.1) is 36.8 Å². The average Bonchev–Trinajstić information content (AvgIpc) is 2.75. The molecule has 0 fully saturated rings. The molecule has 2 amide bonds. The molecule has 0 saturated heterocycles. The van der Waals surface area contributed by atoms with Gasteiger partial charge >= 0.3 is 5.97 Å². The van der Waals surface area contributed by atoms with Crippen molar-refractivity contribution in [3.63, 3.8) is 0 Å². The Hall–Kier alpha value is -2.63. The zero-order valence-corrected chi connectivity index (χ0v) is 12.0. The number of rotatable bonds is 3. The molecular weight excluding hydrogens is 274 g/mol. The van der Waals surface area contributed by atoms with Crippen molar-refractivity contribution in [1.29, 1.82) is 0 Å². The summed E-state index contributed by atoms with van der Waals surface area (Å²) in [6, 6.07) is 4.61. The third kappa shape index (κ3) is 2.52. The molecule has 21 heavy (non-hydrogen) atoms. The van der Waals surface area contributed by atoms with Crippen LogP contribution in [-0.2, 0) is 19.1 Å². The minimum Gasteiger partial charge on any atom is -0.501 e. The highest BCUT2D eigenvalue weighted by Gasteiger charge is 2.36. The zero-order valence-electron chi connectivity index (χ0n) is 12.0. The summed E-state index contributed by atoms with van der Waals surface area (Å²) in [5, 5.41) is 0. The largest absolute Gasteiger partial charge is 0.501 e. The number of fused-ring (bicyclic) bond motifs is 1. The number of hydrogen-bond acceptors (Lipinski definition) is 5. The van der Waals surface area contributed by atoms with Gasteiger partial charge in [-0.25, -0.2) is 9.69 Å². The topological polar surface area (TPSA) is 72.9 Å². The first-order valence-corrected chi connectivity index (χ1v) is 6.40. The van der Waals surface area contributed by atoms with E-state index in [1.165, 1.54) is 26.4 Å². The van der Waals surface area contributed by atoms with Crippen LogP contribution in [0.4, 0.5) is 5.69 Å². The van der Waals surface area contributed by atoms with Crippen LogP contribution in [-0.4, -0.2) is 31.5 Å². The molecule has 0 saturated carbocycles. The van der Waals surface area contributed by atoms with Gasteiger partial charge in [0, 0.05) is 12.5 Å². The van der Waals surface area contributed by atoms with E-state index in [1.807, 2.05) is 0 Å². The van der Waals surface area contributed by atoms with Crippen LogP contribution < -0.4 is 4.90 Å². The summed E-state index contributed by atoms with van der Waals surface area (Å²) in [7, 11) is 1.27. The van der Waals surface area contributed by atoms with Crippen molar-refractivity contribution in [2.24, 2.45) is 0 Å². The lowest BCUT2D eigenvalue weighted by molar-refractivity contribution is -0.122. The maximum Gasteiger partial charge on any atom is 0.337 e. The molecule has 0 aliphatic carbocycles. The number of carbonyl (C=O) groups is 3. The van der Waals surface area contributed by atoms with Crippen molar-refractivity contribution in [2.45, 2.75) is 13.8 Å². The standard InChI is InChI=1S/C15H15NO5/c1-4-21-8-12-11-6-5-10(15(19)20-3)7-13(11)16(9(2)17)14(12)18/h5-8H,4H2,1-3H3. The normalized spacial score (nSPS) is 15.1. The number of methoxy groups -OCH3 is 1. The summed E-state index contributed by atoms with van der Waals surface area (Å²) >= 11 is 0.